The summed E-state index contributed by atoms with van der Waals surface area (Å²) in [5, 5.41) is 12.5. The first kappa shape index (κ1) is 17.6. The van der Waals surface area contributed by atoms with Crippen LogP contribution in [-0.4, -0.2) is 41.2 Å². The van der Waals surface area contributed by atoms with Crippen molar-refractivity contribution < 1.29 is 19.4 Å². The zero-order valence-corrected chi connectivity index (χ0v) is 14.8. The van der Waals surface area contributed by atoms with Crippen molar-refractivity contribution in [1.29, 1.82) is 0 Å². The molecule has 1 saturated carbocycles. The highest BCUT2D eigenvalue weighted by Gasteiger charge is 2.55. The monoisotopic (exact) mass is 346 g/mol. The molecule has 1 heterocycles. The Kier molecular flexibility index (Phi) is 4.88. The van der Waals surface area contributed by atoms with E-state index in [2.05, 4.69) is 5.32 Å². The average molecular weight is 346 g/mol. The van der Waals surface area contributed by atoms with E-state index in [-0.39, 0.29) is 18.1 Å². The molecule has 0 bridgehead atoms. The molecule has 1 saturated heterocycles. The molecule has 6 heteroatoms. The van der Waals surface area contributed by atoms with Gasteiger partial charge in [-0.05, 0) is 50.3 Å². The highest BCUT2D eigenvalue weighted by molar-refractivity contribution is 5.80. The first-order valence-corrected chi connectivity index (χ1v) is 8.92. The molecule has 1 aliphatic heterocycles. The van der Waals surface area contributed by atoms with Crippen LogP contribution in [0.2, 0.25) is 0 Å². The van der Waals surface area contributed by atoms with Gasteiger partial charge in [0.25, 0.3) is 0 Å². The second kappa shape index (κ2) is 6.94. The summed E-state index contributed by atoms with van der Waals surface area (Å²) in [6.45, 7) is 5.23. The lowest BCUT2D eigenvalue weighted by Crippen LogP contribution is -2.41. The van der Waals surface area contributed by atoms with E-state index in [0.29, 0.717) is 26.1 Å². The Morgan fingerprint density at radius 3 is 2.68 bits per heavy atom. The van der Waals surface area contributed by atoms with Crippen LogP contribution >= 0.6 is 0 Å². The fraction of sp³-hybridized carbons (Fsp3) is 0.579. The topological polar surface area (TPSA) is 78.9 Å². The van der Waals surface area contributed by atoms with Crippen molar-refractivity contribution in [1.82, 2.24) is 10.2 Å². The summed E-state index contributed by atoms with van der Waals surface area (Å²) in [5.41, 5.74) is 0.254. The summed E-state index contributed by atoms with van der Waals surface area (Å²) < 4.78 is 5.60. The number of rotatable bonds is 5. The highest BCUT2D eigenvalue weighted by Crippen LogP contribution is 2.48. The molecule has 1 aromatic rings. The van der Waals surface area contributed by atoms with Crippen LogP contribution in [0.4, 0.5) is 4.79 Å². The second-order valence-corrected chi connectivity index (χ2v) is 7.40. The summed E-state index contributed by atoms with van der Waals surface area (Å²) in [5.74, 6) is 0.134. The molecule has 136 valence electrons. The van der Waals surface area contributed by atoms with Crippen LogP contribution in [-0.2, 0) is 11.3 Å². The van der Waals surface area contributed by atoms with Gasteiger partial charge in [0.05, 0.1) is 11.5 Å². The first-order valence-electron chi connectivity index (χ1n) is 8.92. The van der Waals surface area contributed by atoms with E-state index in [4.69, 9.17) is 4.74 Å². The van der Waals surface area contributed by atoms with Gasteiger partial charge in [-0.1, -0.05) is 18.6 Å². The van der Waals surface area contributed by atoms with Crippen LogP contribution in [0, 0.1) is 11.3 Å². The van der Waals surface area contributed by atoms with E-state index in [1.165, 1.54) is 0 Å². The van der Waals surface area contributed by atoms with E-state index in [9.17, 15) is 14.7 Å². The summed E-state index contributed by atoms with van der Waals surface area (Å²) in [7, 11) is 0. The number of nitrogens with zero attached hydrogens (tertiary/aromatic N) is 1. The number of urea groups is 1. The number of carboxylic acid groups (broad SMARTS) is 1. The van der Waals surface area contributed by atoms with Gasteiger partial charge in [-0.25, -0.2) is 4.79 Å². The zero-order chi connectivity index (χ0) is 18.0. The normalized spacial score (nSPS) is 25.1. The Morgan fingerprint density at radius 1 is 1.36 bits per heavy atom. The fourth-order valence-electron chi connectivity index (χ4n) is 4.04. The van der Waals surface area contributed by atoms with E-state index >= 15 is 0 Å². The van der Waals surface area contributed by atoms with Crippen molar-refractivity contribution in [2.75, 3.05) is 13.1 Å². The fourth-order valence-corrected chi connectivity index (χ4v) is 4.04. The van der Waals surface area contributed by atoms with E-state index < -0.39 is 11.4 Å². The molecule has 0 spiro atoms. The van der Waals surface area contributed by atoms with Crippen LogP contribution in [0.3, 0.4) is 0 Å². The van der Waals surface area contributed by atoms with Crippen molar-refractivity contribution in [2.45, 2.75) is 45.8 Å². The Labute approximate surface area is 148 Å². The van der Waals surface area contributed by atoms with E-state index in [0.717, 1.165) is 24.2 Å². The van der Waals surface area contributed by atoms with Crippen molar-refractivity contribution in [3.8, 4) is 5.75 Å². The Hall–Kier alpha value is -2.24. The molecule has 3 rings (SSSR count). The molecule has 0 radical (unpaired) electrons. The third kappa shape index (κ3) is 3.57. The van der Waals surface area contributed by atoms with Crippen LogP contribution < -0.4 is 10.1 Å². The summed E-state index contributed by atoms with van der Waals surface area (Å²) in [6.07, 6.45) is 2.64. The smallest absolute Gasteiger partial charge is 0.317 e. The zero-order valence-electron chi connectivity index (χ0n) is 14.8. The Balaban J connectivity index is 1.54. The molecule has 1 aliphatic carbocycles. The third-order valence-electron chi connectivity index (χ3n) is 5.32. The number of ether oxygens (including phenoxy) is 1. The number of fused-ring (bicyclic) bond motifs is 1. The minimum Gasteiger partial charge on any atom is -0.491 e. The summed E-state index contributed by atoms with van der Waals surface area (Å²) in [6, 6.07) is 7.45. The number of benzene rings is 1. The standard InChI is InChI=1S/C19H26N2O4/c1-13(2)25-16-7-5-14(6-8-16)10-20-18(24)21-11-15-4-3-9-19(15,12-21)17(22)23/h5-8,13,15H,3-4,9-12H2,1-2H3,(H,20,24)(H,22,23)/t15-,19+/m0/s1. The van der Waals surface area contributed by atoms with Crippen molar-refractivity contribution in [3.05, 3.63) is 29.8 Å². The van der Waals surface area contributed by atoms with Crippen LogP contribution in [0.25, 0.3) is 0 Å². The van der Waals surface area contributed by atoms with Gasteiger partial charge in [-0.3, -0.25) is 4.79 Å². The lowest BCUT2D eigenvalue weighted by atomic mass is 9.81. The largest absolute Gasteiger partial charge is 0.491 e. The minimum absolute atomic E-state index is 0.0863. The van der Waals surface area contributed by atoms with Gasteiger partial charge in [0.2, 0.25) is 0 Å². The molecule has 2 aliphatic rings. The quantitative estimate of drug-likeness (QED) is 0.859. The summed E-state index contributed by atoms with van der Waals surface area (Å²) in [4.78, 5) is 25.8. The van der Waals surface area contributed by atoms with Gasteiger partial charge in [0.1, 0.15) is 5.75 Å². The number of hydrogen-bond acceptors (Lipinski definition) is 3. The first-order chi connectivity index (χ1) is 11.9. The third-order valence-corrected chi connectivity index (χ3v) is 5.32. The summed E-state index contributed by atoms with van der Waals surface area (Å²) >= 11 is 0. The SMILES string of the molecule is CC(C)Oc1ccc(CNC(=O)N2C[C@@H]3CCC[C@@]3(C(=O)O)C2)cc1. The molecule has 2 atom stereocenters. The van der Waals surface area contributed by atoms with Crippen molar-refractivity contribution in [3.63, 3.8) is 0 Å². The Bertz CT molecular complexity index is 643. The second-order valence-electron chi connectivity index (χ2n) is 7.40. The maximum Gasteiger partial charge on any atom is 0.317 e. The lowest BCUT2D eigenvalue weighted by Gasteiger charge is -2.23. The van der Waals surface area contributed by atoms with Crippen LogP contribution in [0.1, 0.15) is 38.7 Å². The molecule has 2 N–H and O–H groups in total. The number of aliphatic carboxylic acids is 1. The molecule has 1 aromatic carbocycles. The molecule has 2 amide bonds. The Morgan fingerprint density at radius 2 is 2.08 bits per heavy atom. The number of carboxylic acids is 1. The van der Waals surface area contributed by atoms with Crippen molar-refractivity contribution in [2.24, 2.45) is 11.3 Å². The van der Waals surface area contributed by atoms with Gasteiger partial charge in [-0.15, -0.1) is 0 Å². The van der Waals surface area contributed by atoms with Gasteiger partial charge < -0.3 is 20.1 Å². The maximum absolute atomic E-state index is 12.4. The molecule has 25 heavy (non-hydrogen) atoms. The maximum atomic E-state index is 12.4. The van der Waals surface area contributed by atoms with Gasteiger partial charge in [-0.2, -0.15) is 0 Å². The van der Waals surface area contributed by atoms with Crippen LogP contribution in [0.15, 0.2) is 24.3 Å². The number of likely N-dealkylation sites (tertiary alicyclic amines) is 1. The van der Waals surface area contributed by atoms with Crippen molar-refractivity contribution >= 4 is 12.0 Å². The number of amides is 2. The minimum atomic E-state index is -0.758. The molecular formula is C19H26N2O4. The molecule has 0 aromatic heterocycles. The average Bonchev–Trinajstić information content (AvgIpc) is 3.11. The molecule has 6 nitrogen and oxygen atoms in total. The molecule has 2 fully saturated rings. The molecular weight excluding hydrogens is 320 g/mol. The van der Waals surface area contributed by atoms with E-state index in [1.54, 1.807) is 4.90 Å². The van der Waals surface area contributed by atoms with Crippen LogP contribution in [0.5, 0.6) is 5.75 Å². The molecule has 0 unspecified atom stereocenters. The highest BCUT2D eigenvalue weighted by atomic mass is 16.5. The number of nitrogens with one attached hydrogen (secondary N) is 1. The number of carbonyl (C=O) groups excluding carboxylic acids is 1. The predicted molar refractivity (Wildman–Crippen MR) is 93.4 cm³/mol. The van der Waals surface area contributed by atoms with Gasteiger partial charge in [0, 0.05) is 19.6 Å². The number of hydrogen-bond donors (Lipinski definition) is 2. The predicted octanol–water partition coefficient (Wildman–Crippen LogP) is 2.87. The van der Waals surface area contributed by atoms with Gasteiger partial charge >= 0.3 is 12.0 Å². The number of carbonyl (C=O) groups is 2. The van der Waals surface area contributed by atoms with Gasteiger partial charge in [0.15, 0.2) is 0 Å². The van der Waals surface area contributed by atoms with E-state index in [1.807, 2.05) is 38.1 Å². The lowest BCUT2D eigenvalue weighted by molar-refractivity contribution is -0.149.